The molecule has 0 saturated heterocycles. The van der Waals surface area contributed by atoms with E-state index < -0.39 is 6.10 Å². The molecule has 0 bridgehead atoms. The van der Waals surface area contributed by atoms with Gasteiger partial charge in [-0.05, 0) is 49.6 Å². The molecule has 0 aliphatic rings. The number of ether oxygens (including phenoxy) is 1. The molecule has 0 N–H and O–H groups in total. The van der Waals surface area contributed by atoms with Crippen LogP contribution in [0, 0.1) is 6.92 Å². The van der Waals surface area contributed by atoms with Gasteiger partial charge in [0.05, 0.1) is 0 Å². The molecule has 0 heterocycles. The third-order valence-corrected chi connectivity index (χ3v) is 3.69. The van der Waals surface area contributed by atoms with E-state index in [1.54, 1.807) is 19.1 Å². The molecule has 0 amide bonds. The molecule has 2 nitrogen and oxygen atoms in total. The lowest BCUT2D eigenvalue weighted by Crippen LogP contribution is -2.24. The van der Waals surface area contributed by atoms with E-state index in [9.17, 15) is 4.79 Å². The first kappa shape index (κ1) is 15.6. The molecule has 110 valence electrons. The highest BCUT2D eigenvalue weighted by molar-refractivity contribution is 6.30. The van der Waals surface area contributed by atoms with E-state index >= 15 is 0 Å². The highest BCUT2D eigenvalue weighted by Crippen LogP contribution is 2.23. The minimum atomic E-state index is -0.530. The topological polar surface area (TPSA) is 26.3 Å². The van der Waals surface area contributed by atoms with Crippen LogP contribution in [-0.4, -0.2) is 11.9 Å². The Morgan fingerprint density at radius 3 is 2.43 bits per heavy atom. The minimum Gasteiger partial charge on any atom is -0.482 e. The summed E-state index contributed by atoms with van der Waals surface area (Å²) in [4.78, 5) is 12.4. The van der Waals surface area contributed by atoms with Gasteiger partial charge >= 0.3 is 0 Å². The maximum atomic E-state index is 12.4. The Morgan fingerprint density at radius 1 is 1.19 bits per heavy atom. The van der Waals surface area contributed by atoms with Gasteiger partial charge in [0.2, 0.25) is 5.78 Å². The monoisotopic (exact) mass is 302 g/mol. The quantitative estimate of drug-likeness (QED) is 0.737. The van der Waals surface area contributed by atoms with Crippen LogP contribution in [0.3, 0.4) is 0 Å². The zero-order valence-corrected chi connectivity index (χ0v) is 13.3. The van der Waals surface area contributed by atoms with Crippen LogP contribution < -0.4 is 4.74 Å². The Morgan fingerprint density at radius 2 is 1.86 bits per heavy atom. The molecular formula is C18H19ClO2. The van der Waals surface area contributed by atoms with Crippen LogP contribution in [0.4, 0.5) is 0 Å². The molecule has 3 heteroatoms. The second-order valence-electron chi connectivity index (χ2n) is 5.08. The lowest BCUT2D eigenvalue weighted by Gasteiger charge is -2.16. The fourth-order valence-corrected chi connectivity index (χ4v) is 2.36. The van der Waals surface area contributed by atoms with E-state index in [-0.39, 0.29) is 5.78 Å². The van der Waals surface area contributed by atoms with Crippen molar-refractivity contribution in [2.75, 3.05) is 0 Å². The van der Waals surface area contributed by atoms with E-state index in [1.807, 2.05) is 37.3 Å². The van der Waals surface area contributed by atoms with Gasteiger partial charge in [0.15, 0.2) is 6.10 Å². The van der Waals surface area contributed by atoms with Crippen molar-refractivity contribution in [1.82, 2.24) is 0 Å². The number of carbonyl (C=O) groups excluding carboxylic acids is 1. The predicted octanol–water partition coefficient (Wildman–Crippen LogP) is 4.86. The molecule has 2 aromatic rings. The number of benzene rings is 2. The van der Waals surface area contributed by atoms with E-state index in [2.05, 4.69) is 6.92 Å². The largest absolute Gasteiger partial charge is 0.482 e. The average molecular weight is 303 g/mol. The lowest BCUT2D eigenvalue weighted by atomic mass is 10.0. The summed E-state index contributed by atoms with van der Waals surface area (Å²) < 4.78 is 5.76. The molecule has 2 aromatic carbocycles. The molecule has 0 aromatic heterocycles. The normalized spacial score (nSPS) is 12.0. The molecule has 0 aliphatic carbocycles. The zero-order chi connectivity index (χ0) is 15.4. The van der Waals surface area contributed by atoms with Crippen LogP contribution in [0.2, 0.25) is 5.02 Å². The van der Waals surface area contributed by atoms with Crippen LogP contribution >= 0.6 is 11.6 Å². The summed E-state index contributed by atoms with van der Waals surface area (Å²) in [6, 6.07) is 13.1. The van der Waals surface area contributed by atoms with E-state index in [0.29, 0.717) is 16.3 Å². The minimum absolute atomic E-state index is 0.0213. The smallest absolute Gasteiger partial charge is 0.202 e. The molecule has 21 heavy (non-hydrogen) atoms. The van der Waals surface area contributed by atoms with Crippen molar-refractivity contribution in [2.24, 2.45) is 0 Å². The number of aryl methyl sites for hydroxylation is 2. The summed E-state index contributed by atoms with van der Waals surface area (Å²) in [5, 5.41) is 0.661. The van der Waals surface area contributed by atoms with Crippen LogP contribution in [0.25, 0.3) is 0 Å². The number of ketones is 1. The molecule has 0 saturated carbocycles. The summed E-state index contributed by atoms with van der Waals surface area (Å²) in [5.74, 6) is 0.664. The maximum Gasteiger partial charge on any atom is 0.202 e. The third-order valence-electron chi connectivity index (χ3n) is 3.46. The first-order valence-electron chi connectivity index (χ1n) is 7.07. The molecule has 2 rings (SSSR count). The van der Waals surface area contributed by atoms with Crippen molar-refractivity contribution in [2.45, 2.75) is 33.3 Å². The first-order valence-corrected chi connectivity index (χ1v) is 7.45. The highest BCUT2D eigenvalue weighted by Gasteiger charge is 2.17. The molecular weight excluding hydrogens is 284 g/mol. The summed E-state index contributed by atoms with van der Waals surface area (Å²) in [6.07, 6.45) is 0.433. The van der Waals surface area contributed by atoms with Crippen molar-refractivity contribution in [3.8, 4) is 5.75 Å². The van der Waals surface area contributed by atoms with Crippen molar-refractivity contribution in [3.63, 3.8) is 0 Å². The SMILES string of the molecule is CCc1ccc(C(=O)C(C)Oc2ccc(Cl)cc2C)cc1. The van der Waals surface area contributed by atoms with Gasteiger partial charge in [-0.3, -0.25) is 4.79 Å². The summed E-state index contributed by atoms with van der Waals surface area (Å²) >= 11 is 5.92. The van der Waals surface area contributed by atoms with E-state index in [1.165, 1.54) is 5.56 Å². The number of halogens is 1. The van der Waals surface area contributed by atoms with E-state index in [0.717, 1.165) is 12.0 Å². The van der Waals surface area contributed by atoms with E-state index in [4.69, 9.17) is 16.3 Å². The zero-order valence-electron chi connectivity index (χ0n) is 12.5. The molecule has 0 fully saturated rings. The third kappa shape index (κ3) is 3.85. The highest BCUT2D eigenvalue weighted by atomic mass is 35.5. The molecule has 0 spiro atoms. The van der Waals surface area contributed by atoms with Gasteiger partial charge in [0.25, 0.3) is 0 Å². The van der Waals surface area contributed by atoms with Crippen molar-refractivity contribution < 1.29 is 9.53 Å². The fourth-order valence-electron chi connectivity index (χ4n) is 2.13. The number of hydrogen-bond acceptors (Lipinski definition) is 2. The van der Waals surface area contributed by atoms with Crippen molar-refractivity contribution in [3.05, 3.63) is 64.2 Å². The van der Waals surface area contributed by atoms with Gasteiger partial charge in [-0.1, -0.05) is 42.8 Å². The van der Waals surface area contributed by atoms with Crippen molar-refractivity contribution >= 4 is 17.4 Å². The number of carbonyl (C=O) groups is 1. The first-order chi connectivity index (χ1) is 10.0. The standard InChI is InChI=1S/C18H19ClO2/c1-4-14-5-7-15(8-6-14)18(20)13(3)21-17-10-9-16(19)11-12(17)2/h5-11,13H,4H2,1-3H3. The number of Topliss-reactive ketones (excluding diaryl/α,β-unsaturated/α-hetero) is 1. The van der Waals surface area contributed by atoms with Gasteiger partial charge in [-0.25, -0.2) is 0 Å². The Hall–Kier alpha value is -1.80. The van der Waals surface area contributed by atoms with Crippen LogP contribution in [0.15, 0.2) is 42.5 Å². The lowest BCUT2D eigenvalue weighted by molar-refractivity contribution is 0.0817. The van der Waals surface area contributed by atoms with Gasteiger partial charge in [0, 0.05) is 10.6 Å². The van der Waals surface area contributed by atoms with Crippen LogP contribution in [0.5, 0.6) is 5.75 Å². The van der Waals surface area contributed by atoms with Crippen LogP contribution in [-0.2, 0) is 6.42 Å². The summed E-state index contributed by atoms with van der Waals surface area (Å²) in [5.41, 5.74) is 2.81. The molecule has 0 aliphatic heterocycles. The van der Waals surface area contributed by atoms with Gasteiger partial charge < -0.3 is 4.74 Å². The average Bonchev–Trinajstić information content (AvgIpc) is 2.49. The number of hydrogen-bond donors (Lipinski definition) is 0. The number of rotatable bonds is 5. The summed E-state index contributed by atoms with van der Waals surface area (Å²) in [7, 11) is 0. The van der Waals surface area contributed by atoms with Crippen LogP contribution in [0.1, 0.15) is 35.3 Å². The molecule has 1 atom stereocenters. The Bertz CT molecular complexity index is 632. The Balaban J connectivity index is 2.11. The van der Waals surface area contributed by atoms with Gasteiger partial charge in [-0.15, -0.1) is 0 Å². The molecule has 0 radical (unpaired) electrons. The fraction of sp³-hybridized carbons (Fsp3) is 0.278. The Kier molecular flexibility index (Phi) is 5.03. The predicted molar refractivity (Wildman–Crippen MR) is 86.4 cm³/mol. The van der Waals surface area contributed by atoms with Crippen molar-refractivity contribution in [1.29, 1.82) is 0 Å². The summed E-state index contributed by atoms with van der Waals surface area (Å²) in [6.45, 7) is 5.77. The van der Waals surface area contributed by atoms with Gasteiger partial charge in [0.1, 0.15) is 5.75 Å². The molecule has 1 unspecified atom stereocenters. The maximum absolute atomic E-state index is 12.4. The Labute approximate surface area is 130 Å². The second-order valence-corrected chi connectivity index (χ2v) is 5.52. The second kappa shape index (κ2) is 6.77. The van der Waals surface area contributed by atoms with Gasteiger partial charge in [-0.2, -0.15) is 0 Å².